The molecule has 1 heterocycles. The van der Waals surface area contributed by atoms with Crippen molar-refractivity contribution in [3.63, 3.8) is 0 Å². The SMILES string of the molecule is CCN(CC)CCOc1cc(-c2ccc(OC)cc2)nc(C)n1. The molecule has 2 aromatic rings. The van der Waals surface area contributed by atoms with Gasteiger partial charge in [-0.25, -0.2) is 4.98 Å². The van der Waals surface area contributed by atoms with Gasteiger partial charge in [0.2, 0.25) is 5.88 Å². The van der Waals surface area contributed by atoms with Crippen LogP contribution in [0.1, 0.15) is 19.7 Å². The van der Waals surface area contributed by atoms with Gasteiger partial charge in [0.1, 0.15) is 18.2 Å². The molecule has 5 heteroatoms. The topological polar surface area (TPSA) is 47.5 Å². The molecule has 0 unspecified atom stereocenters. The predicted octanol–water partition coefficient (Wildman–Crippen LogP) is 3.18. The highest BCUT2D eigenvalue weighted by molar-refractivity contribution is 5.61. The third-order valence-corrected chi connectivity index (χ3v) is 3.75. The molecule has 0 radical (unpaired) electrons. The molecule has 0 saturated carbocycles. The van der Waals surface area contributed by atoms with Gasteiger partial charge in [-0.15, -0.1) is 0 Å². The average Bonchev–Trinajstić information content (AvgIpc) is 2.58. The van der Waals surface area contributed by atoms with E-state index >= 15 is 0 Å². The highest BCUT2D eigenvalue weighted by Gasteiger charge is 2.07. The van der Waals surface area contributed by atoms with Crippen molar-refractivity contribution >= 4 is 0 Å². The van der Waals surface area contributed by atoms with Crippen molar-refractivity contribution in [2.24, 2.45) is 0 Å². The molecule has 0 bridgehead atoms. The van der Waals surface area contributed by atoms with Gasteiger partial charge in [0.25, 0.3) is 0 Å². The van der Waals surface area contributed by atoms with Crippen molar-refractivity contribution in [3.05, 3.63) is 36.2 Å². The number of hydrogen-bond donors (Lipinski definition) is 0. The Morgan fingerprint density at radius 2 is 1.74 bits per heavy atom. The van der Waals surface area contributed by atoms with Crippen molar-refractivity contribution in [2.45, 2.75) is 20.8 Å². The Morgan fingerprint density at radius 1 is 1.04 bits per heavy atom. The van der Waals surface area contributed by atoms with E-state index in [2.05, 4.69) is 28.7 Å². The maximum absolute atomic E-state index is 5.81. The quantitative estimate of drug-likeness (QED) is 0.749. The van der Waals surface area contributed by atoms with E-state index in [0.717, 1.165) is 36.6 Å². The van der Waals surface area contributed by atoms with E-state index < -0.39 is 0 Å². The van der Waals surface area contributed by atoms with E-state index in [4.69, 9.17) is 9.47 Å². The van der Waals surface area contributed by atoms with Crippen LogP contribution in [0.15, 0.2) is 30.3 Å². The largest absolute Gasteiger partial charge is 0.497 e. The smallest absolute Gasteiger partial charge is 0.217 e. The van der Waals surface area contributed by atoms with Crippen LogP contribution < -0.4 is 9.47 Å². The first-order valence-corrected chi connectivity index (χ1v) is 8.01. The monoisotopic (exact) mass is 315 g/mol. The summed E-state index contributed by atoms with van der Waals surface area (Å²) in [5.41, 5.74) is 1.88. The van der Waals surface area contributed by atoms with Crippen molar-refractivity contribution in [1.82, 2.24) is 14.9 Å². The second-order valence-corrected chi connectivity index (χ2v) is 5.24. The number of ether oxygens (including phenoxy) is 2. The van der Waals surface area contributed by atoms with Crippen LogP contribution >= 0.6 is 0 Å². The molecule has 1 aromatic carbocycles. The molecule has 0 saturated heterocycles. The first kappa shape index (κ1) is 17.2. The van der Waals surface area contributed by atoms with Gasteiger partial charge < -0.3 is 14.4 Å². The van der Waals surface area contributed by atoms with Crippen LogP contribution in [0.2, 0.25) is 0 Å². The Hall–Kier alpha value is -2.14. The third kappa shape index (κ3) is 4.93. The predicted molar refractivity (Wildman–Crippen MR) is 92.0 cm³/mol. The van der Waals surface area contributed by atoms with Crippen LogP contribution in [-0.2, 0) is 0 Å². The fourth-order valence-electron chi connectivity index (χ4n) is 2.34. The van der Waals surface area contributed by atoms with Crippen molar-refractivity contribution in [2.75, 3.05) is 33.4 Å². The van der Waals surface area contributed by atoms with E-state index in [0.29, 0.717) is 18.3 Å². The minimum absolute atomic E-state index is 0.621. The molecular weight excluding hydrogens is 290 g/mol. The number of aryl methyl sites for hydroxylation is 1. The molecular formula is C18H25N3O2. The van der Waals surface area contributed by atoms with E-state index in [1.807, 2.05) is 37.3 Å². The molecule has 124 valence electrons. The molecule has 1 aromatic heterocycles. The molecule has 23 heavy (non-hydrogen) atoms. The summed E-state index contributed by atoms with van der Waals surface area (Å²) in [5.74, 6) is 2.15. The van der Waals surface area contributed by atoms with Crippen LogP contribution in [0.25, 0.3) is 11.3 Å². The van der Waals surface area contributed by atoms with Crippen LogP contribution in [0.3, 0.4) is 0 Å². The van der Waals surface area contributed by atoms with Crippen molar-refractivity contribution < 1.29 is 9.47 Å². The van der Waals surface area contributed by atoms with Crippen molar-refractivity contribution in [3.8, 4) is 22.9 Å². The lowest BCUT2D eigenvalue weighted by Gasteiger charge is -2.17. The van der Waals surface area contributed by atoms with E-state index in [1.54, 1.807) is 7.11 Å². The van der Waals surface area contributed by atoms with Gasteiger partial charge in [0.05, 0.1) is 12.8 Å². The summed E-state index contributed by atoms with van der Waals surface area (Å²) in [6, 6.07) is 9.71. The van der Waals surface area contributed by atoms with Gasteiger partial charge in [-0.3, -0.25) is 0 Å². The lowest BCUT2D eigenvalue weighted by molar-refractivity contribution is 0.217. The highest BCUT2D eigenvalue weighted by atomic mass is 16.5. The zero-order valence-electron chi connectivity index (χ0n) is 14.4. The lowest BCUT2D eigenvalue weighted by atomic mass is 10.1. The molecule has 0 aliphatic carbocycles. The Labute approximate surface area is 138 Å². The van der Waals surface area contributed by atoms with Gasteiger partial charge in [-0.2, -0.15) is 4.98 Å². The van der Waals surface area contributed by atoms with Gasteiger partial charge in [-0.1, -0.05) is 13.8 Å². The first-order chi connectivity index (χ1) is 11.2. The summed E-state index contributed by atoms with van der Waals surface area (Å²) in [6.45, 7) is 9.76. The van der Waals surface area contributed by atoms with Crippen LogP contribution in [0, 0.1) is 6.92 Å². The van der Waals surface area contributed by atoms with Gasteiger partial charge in [0, 0.05) is 18.2 Å². The summed E-state index contributed by atoms with van der Waals surface area (Å²) >= 11 is 0. The maximum atomic E-state index is 5.81. The van der Waals surface area contributed by atoms with Crippen LogP contribution in [0.5, 0.6) is 11.6 Å². The standard InChI is InChI=1S/C18H25N3O2/c1-5-21(6-2)11-12-23-18-13-17(19-14(3)20-18)15-7-9-16(22-4)10-8-15/h7-10,13H,5-6,11-12H2,1-4H3. The number of likely N-dealkylation sites (N-methyl/N-ethyl adjacent to an activating group) is 1. The number of nitrogens with zero attached hydrogens (tertiary/aromatic N) is 3. The average molecular weight is 315 g/mol. The Balaban J connectivity index is 2.08. The maximum Gasteiger partial charge on any atom is 0.217 e. The van der Waals surface area contributed by atoms with E-state index in [9.17, 15) is 0 Å². The highest BCUT2D eigenvalue weighted by Crippen LogP contribution is 2.23. The van der Waals surface area contributed by atoms with Gasteiger partial charge in [-0.05, 0) is 44.3 Å². The molecule has 0 amide bonds. The third-order valence-electron chi connectivity index (χ3n) is 3.75. The number of benzene rings is 1. The van der Waals surface area contributed by atoms with Crippen molar-refractivity contribution in [1.29, 1.82) is 0 Å². The van der Waals surface area contributed by atoms with E-state index in [1.165, 1.54) is 0 Å². The van der Waals surface area contributed by atoms with Crippen LogP contribution in [-0.4, -0.2) is 48.2 Å². The first-order valence-electron chi connectivity index (χ1n) is 8.01. The second kappa shape index (κ2) is 8.48. The molecule has 0 spiro atoms. The van der Waals surface area contributed by atoms with E-state index in [-0.39, 0.29) is 0 Å². The molecule has 0 atom stereocenters. The summed E-state index contributed by atoms with van der Waals surface area (Å²) in [4.78, 5) is 11.2. The number of methoxy groups -OCH3 is 1. The minimum Gasteiger partial charge on any atom is -0.497 e. The molecule has 5 nitrogen and oxygen atoms in total. The Kier molecular flexibility index (Phi) is 6.35. The summed E-state index contributed by atoms with van der Waals surface area (Å²) < 4.78 is 11.0. The summed E-state index contributed by atoms with van der Waals surface area (Å²) in [7, 11) is 1.66. The lowest BCUT2D eigenvalue weighted by Crippen LogP contribution is -2.28. The molecule has 0 N–H and O–H groups in total. The zero-order chi connectivity index (χ0) is 16.7. The Morgan fingerprint density at radius 3 is 2.35 bits per heavy atom. The fourth-order valence-corrected chi connectivity index (χ4v) is 2.34. The van der Waals surface area contributed by atoms with Gasteiger partial charge >= 0.3 is 0 Å². The van der Waals surface area contributed by atoms with Crippen LogP contribution in [0.4, 0.5) is 0 Å². The fraction of sp³-hybridized carbons (Fsp3) is 0.444. The Bertz CT molecular complexity index is 610. The second-order valence-electron chi connectivity index (χ2n) is 5.24. The number of aromatic nitrogens is 2. The molecule has 0 aliphatic rings. The molecule has 0 aliphatic heterocycles. The summed E-state index contributed by atoms with van der Waals surface area (Å²) in [6.07, 6.45) is 0. The number of rotatable bonds is 8. The van der Waals surface area contributed by atoms with Gasteiger partial charge in [0.15, 0.2) is 0 Å². The minimum atomic E-state index is 0.621. The zero-order valence-corrected chi connectivity index (χ0v) is 14.4. The normalized spacial score (nSPS) is 10.8. The summed E-state index contributed by atoms with van der Waals surface area (Å²) in [5, 5.41) is 0. The number of hydrogen-bond acceptors (Lipinski definition) is 5. The molecule has 2 rings (SSSR count). The molecule has 0 fully saturated rings.